The van der Waals surface area contributed by atoms with E-state index in [-0.39, 0.29) is 24.4 Å². The van der Waals surface area contributed by atoms with E-state index in [4.69, 9.17) is 14.6 Å². The van der Waals surface area contributed by atoms with Crippen LogP contribution in [0.1, 0.15) is 36.8 Å². The lowest BCUT2D eigenvalue weighted by Crippen LogP contribution is -2.51. The van der Waals surface area contributed by atoms with Crippen molar-refractivity contribution in [2.75, 3.05) is 20.3 Å². The maximum atomic E-state index is 10.8. The number of likely N-dealkylation sites (tertiary alicyclic amines) is 1. The highest BCUT2D eigenvalue weighted by molar-refractivity contribution is 5.68. The number of benzene rings is 1. The van der Waals surface area contributed by atoms with Gasteiger partial charge in [-0.25, -0.2) is 4.79 Å². The molecule has 3 atom stereocenters. The Morgan fingerprint density at radius 1 is 1.38 bits per heavy atom. The predicted molar refractivity (Wildman–Crippen MR) is 91.0 cm³/mol. The van der Waals surface area contributed by atoms with Gasteiger partial charge in [-0.2, -0.15) is 0 Å². The molecule has 1 aromatic rings. The van der Waals surface area contributed by atoms with Gasteiger partial charge in [0.15, 0.2) is 0 Å². The molecule has 3 rings (SSSR count). The molecule has 2 aliphatic rings. The van der Waals surface area contributed by atoms with Crippen molar-refractivity contribution in [2.45, 2.75) is 56.9 Å². The molecule has 1 N–H and O–H groups in total. The van der Waals surface area contributed by atoms with Crippen molar-refractivity contribution >= 4 is 5.97 Å². The molecule has 5 nitrogen and oxygen atoms in total. The number of rotatable bonds is 6. The topological polar surface area (TPSA) is 59.0 Å². The summed E-state index contributed by atoms with van der Waals surface area (Å²) in [6, 6.07) is 8.77. The van der Waals surface area contributed by atoms with E-state index in [1.807, 2.05) is 7.11 Å². The number of aryl methyl sites for hydroxylation is 1. The average Bonchev–Trinajstić information content (AvgIpc) is 2.94. The van der Waals surface area contributed by atoms with Crippen molar-refractivity contribution in [1.82, 2.24) is 4.90 Å². The van der Waals surface area contributed by atoms with Crippen molar-refractivity contribution in [1.29, 1.82) is 0 Å². The van der Waals surface area contributed by atoms with Crippen LogP contribution >= 0.6 is 0 Å². The second-order valence-corrected chi connectivity index (χ2v) is 7.03. The molecular weight excluding hydrogens is 306 g/mol. The van der Waals surface area contributed by atoms with Crippen molar-refractivity contribution in [3.63, 3.8) is 0 Å². The van der Waals surface area contributed by atoms with Gasteiger partial charge in [0.25, 0.3) is 0 Å². The van der Waals surface area contributed by atoms with Crippen molar-refractivity contribution in [2.24, 2.45) is 0 Å². The van der Waals surface area contributed by atoms with E-state index in [1.165, 1.54) is 11.1 Å². The highest BCUT2D eigenvalue weighted by Gasteiger charge is 2.51. The van der Waals surface area contributed by atoms with Gasteiger partial charge in [-0.15, -0.1) is 0 Å². The fraction of sp³-hybridized carbons (Fsp3) is 0.632. The number of carboxylic acid groups (broad SMARTS) is 1. The van der Waals surface area contributed by atoms with Crippen LogP contribution in [0.4, 0.5) is 0 Å². The molecule has 0 radical (unpaired) electrons. The lowest BCUT2D eigenvalue weighted by molar-refractivity contribution is -0.148. The van der Waals surface area contributed by atoms with Crippen LogP contribution in [0, 0.1) is 6.92 Å². The van der Waals surface area contributed by atoms with Gasteiger partial charge in [-0.1, -0.05) is 24.3 Å². The number of carboxylic acids is 1. The average molecular weight is 333 g/mol. The van der Waals surface area contributed by atoms with E-state index in [1.54, 1.807) is 0 Å². The zero-order chi connectivity index (χ0) is 17.2. The zero-order valence-corrected chi connectivity index (χ0v) is 14.5. The number of carbonyl (C=O) groups is 1. The minimum absolute atomic E-state index is 0.00634. The van der Waals surface area contributed by atoms with Crippen molar-refractivity contribution in [3.8, 4) is 0 Å². The number of aliphatic carboxylic acids is 1. The SMILES string of the molecule is CO[C@@]12CCC(OCC(=O)O)CC1N(Cc1ccccc1C)CC2. The lowest BCUT2D eigenvalue weighted by Gasteiger charge is -2.43. The first-order valence-corrected chi connectivity index (χ1v) is 8.71. The fourth-order valence-corrected chi connectivity index (χ4v) is 4.29. The Kier molecular flexibility index (Phi) is 5.23. The molecule has 2 unspecified atom stereocenters. The molecule has 0 spiro atoms. The van der Waals surface area contributed by atoms with E-state index >= 15 is 0 Å². The Labute approximate surface area is 143 Å². The minimum atomic E-state index is -0.901. The first-order valence-electron chi connectivity index (χ1n) is 8.71. The second kappa shape index (κ2) is 7.21. The van der Waals surface area contributed by atoms with Gasteiger partial charge in [0.05, 0.1) is 11.7 Å². The van der Waals surface area contributed by atoms with Crippen LogP contribution in [0.2, 0.25) is 0 Å². The summed E-state index contributed by atoms with van der Waals surface area (Å²) >= 11 is 0. The first-order chi connectivity index (χ1) is 11.5. The van der Waals surface area contributed by atoms with Crippen LogP contribution in [-0.4, -0.2) is 54.0 Å². The van der Waals surface area contributed by atoms with Crippen molar-refractivity contribution in [3.05, 3.63) is 35.4 Å². The van der Waals surface area contributed by atoms with Crippen LogP contribution in [0.5, 0.6) is 0 Å². The van der Waals surface area contributed by atoms with E-state index in [0.29, 0.717) is 0 Å². The van der Waals surface area contributed by atoms with Crippen molar-refractivity contribution < 1.29 is 19.4 Å². The highest BCUT2D eigenvalue weighted by atomic mass is 16.5. The number of methoxy groups -OCH3 is 1. The van der Waals surface area contributed by atoms with Gasteiger partial charge >= 0.3 is 5.97 Å². The summed E-state index contributed by atoms with van der Waals surface area (Å²) in [7, 11) is 1.81. The van der Waals surface area contributed by atoms with Gasteiger partial charge < -0.3 is 14.6 Å². The summed E-state index contributed by atoms with van der Waals surface area (Å²) in [5.41, 5.74) is 2.55. The van der Waals surface area contributed by atoms with E-state index < -0.39 is 5.97 Å². The maximum absolute atomic E-state index is 10.8. The molecule has 1 aliphatic carbocycles. The largest absolute Gasteiger partial charge is 0.480 e. The molecule has 1 heterocycles. The minimum Gasteiger partial charge on any atom is -0.480 e. The number of hydrogen-bond donors (Lipinski definition) is 1. The van der Waals surface area contributed by atoms with E-state index in [9.17, 15) is 4.79 Å². The molecule has 5 heteroatoms. The summed E-state index contributed by atoms with van der Waals surface area (Å²) in [5, 5.41) is 8.85. The molecule has 2 fully saturated rings. The standard InChI is InChI=1S/C19H27NO4/c1-14-5-3-4-6-15(14)12-20-10-9-19(23-2)8-7-16(11-17(19)20)24-13-18(21)22/h3-6,16-17H,7-13H2,1-2H3,(H,21,22)/t16?,17?,19-/m1/s1. The Hall–Kier alpha value is -1.43. The summed E-state index contributed by atoms with van der Waals surface area (Å²) in [5.74, 6) is -0.901. The van der Waals surface area contributed by atoms with Crippen LogP contribution in [-0.2, 0) is 20.8 Å². The van der Waals surface area contributed by atoms with Gasteiger partial charge in [-0.05, 0) is 43.7 Å². The van der Waals surface area contributed by atoms with Crippen LogP contribution in [0.3, 0.4) is 0 Å². The normalized spacial score (nSPS) is 30.2. The molecule has 24 heavy (non-hydrogen) atoms. The monoisotopic (exact) mass is 333 g/mol. The van der Waals surface area contributed by atoms with Gasteiger partial charge in [0.1, 0.15) is 6.61 Å². The third-order valence-corrected chi connectivity index (χ3v) is 5.73. The van der Waals surface area contributed by atoms with E-state index in [0.717, 1.165) is 38.8 Å². The Morgan fingerprint density at radius 2 is 2.17 bits per heavy atom. The molecule has 1 saturated heterocycles. The van der Waals surface area contributed by atoms with Gasteiger partial charge in [0.2, 0.25) is 0 Å². The number of nitrogens with zero attached hydrogens (tertiary/aromatic N) is 1. The molecular formula is C19H27NO4. The van der Waals surface area contributed by atoms with E-state index in [2.05, 4.69) is 36.1 Å². The number of ether oxygens (including phenoxy) is 2. The highest BCUT2D eigenvalue weighted by Crippen LogP contribution is 2.43. The number of fused-ring (bicyclic) bond motifs is 1. The summed E-state index contributed by atoms with van der Waals surface area (Å²) < 4.78 is 11.5. The molecule has 0 bridgehead atoms. The fourth-order valence-electron chi connectivity index (χ4n) is 4.29. The quantitative estimate of drug-likeness (QED) is 0.867. The summed E-state index contributed by atoms with van der Waals surface area (Å²) in [6.07, 6.45) is 3.68. The third-order valence-electron chi connectivity index (χ3n) is 5.73. The molecule has 0 amide bonds. The molecule has 1 aliphatic heterocycles. The summed E-state index contributed by atoms with van der Waals surface area (Å²) in [4.78, 5) is 13.3. The number of hydrogen-bond acceptors (Lipinski definition) is 4. The Bertz CT molecular complexity index is 590. The first kappa shape index (κ1) is 17.4. The molecule has 1 saturated carbocycles. The van der Waals surface area contributed by atoms with Crippen LogP contribution in [0.25, 0.3) is 0 Å². The molecule has 0 aromatic heterocycles. The summed E-state index contributed by atoms with van der Waals surface area (Å²) in [6.45, 7) is 3.86. The zero-order valence-electron chi connectivity index (χ0n) is 14.5. The predicted octanol–water partition coefficient (Wildman–Crippen LogP) is 2.61. The smallest absolute Gasteiger partial charge is 0.329 e. The van der Waals surface area contributed by atoms with Crippen LogP contribution in [0.15, 0.2) is 24.3 Å². The third kappa shape index (κ3) is 3.48. The van der Waals surface area contributed by atoms with Gasteiger partial charge in [0, 0.05) is 26.2 Å². The molecule has 1 aromatic carbocycles. The lowest BCUT2D eigenvalue weighted by atomic mass is 9.79. The molecule has 132 valence electrons. The van der Waals surface area contributed by atoms with Crippen LogP contribution < -0.4 is 0 Å². The Morgan fingerprint density at radius 3 is 2.88 bits per heavy atom. The van der Waals surface area contributed by atoms with Gasteiger partial charge in [-0.3, -0.25) is 4.90 Å². The second-order valence-electron chi connectivity index (χ2n) is 7.03. The Balaban J connectivity index is 1.72. The maximum Gasteiger partial charge on any atom is 0.329 e.